The molecule has 98 valence electrons. The molecule has 0 saturated carbocycles. The minimum atomic E-state index is 0.160. The summed E-state index contributed by atoms with van der Waals surface area (Å²) in [6.07, 6.45) is 1.34. The number of rotatable bonds is 2. The number of phenols is 1. The quantitative estimate of drug-likeness (QED) is 0.913. The molecule has 3 rings (SSSR count). The van der Waals surface area contributed by atoms with Crippen molar-refractivity contribution in [1.29, 1.82) is 0 Å². The number of carbonyl (C=O) groups is 1. The Balaban J connectivity index is 1.72. The van der Waals surface area contributed by atoms with Crippen molar-refractivity contribution in [2.45, 2.75) is 19.4 Å². The Kier molecular flexibility index (Phi) is 3.25. The first-order valence-corrected chi connectivity index (χ1v) is 7.26. The summed E-state index contributed by atoms with van der Waals surface area (Å²) in [4.78, 5) is 14.1. The molecule has 0 atom stereocenters. The van der Waals surface area contributed by atoms with E-state index in [-0.39, 0.29) is 11.7 Å². The lowest BCUT2D eigenvalue weighted by atomic mass is 9.99. The van der Waals surface area contributed by atoms with Crippen LogP contribution in [0.1, 0.15) is 16.7 Å². The SMILES string of the molecule is O=C(Cc1ccsc1)N1CCc2ccc(O)cc2C1. The molecule has 0 radical (unpaired) electrons. The normalized spacial score (nSPS) is 14.2. The number of amides is 1. The van der Waals surface area contributed by atoms with E-state index in [0.717, 1.165) is 24.1 Å². The minimum Gasteiger partial charge on any atom is -0.508 e. The molecule has 0 bridgehead atoms. The van der Waals surface area contributed by atoms with E-state index in [2.05, 4.69) is 0 Å². The summed E-state index contributed by atoms with van der Waals surface area (Å²) in [7, 11) is 0. The third kappa shape index (κ3) is 2.63. The number of hydrogen-bond acceptors (Lipinski definition) is 3. The summed E-state index contributed by atoms with van der Waals surface area (Å²) >= 11 is 1.61. The number of aromatic hydroxyl groups is 1. The van der Waals surface area contributed by atoms with Gasteiger partial charge in [0.2, 0.25) is 5.91 Å². The summed E-state index contributed by atoms with van der Waals surface area (Å²) in [5.41, 5.74) is 3.37. The molecule has 19 heavy (non-hydrogen) atoms. The van der Waals surface area contributed by atoms with Crippen LogP contribution in [0.3, 0.4) is 0 Å². The van der Waals surface area contributed by atoms with Gasteiger partial charge >= 0.3 is 0 Å². The van der Waals surface area contributed by atoms with Gasteiger partial charge in [-0.3, -0.25) is 4.79 Å². The van der Waals surface area contributed by atoms with Gasteiger partial charge in [-0.1, -0.05) is 6.07 Å². The van der Waals surface area contributed by atoms with Gasteiger partial charge in [-0.2, -0.15) is 11.3 Å². The van der Waals surface area contributed by atoms with Crippen LogP contribution in [0.2, 0.25) is 0 Å². The first-order chi connectivity index (χ1) is 9.22. The van der Waals surface area contributed by atoms with E-state index in [1.54, 1.807) is 23.5 Å². The van der Waals surface area contributed by atoms with Gasteiger partial charge in [-0.25, -0.2) is 0 Å². The van der Waals surface area contributed by atoms with Gasteiger partial charge < -0.3 is 10.0 Å². The summed E-state index contributed by atoms with van der Waals surface area (Å²) in [5, 5.41) is 13.5. The van der Waals surface area contributed by atoms with Crippen molar-refractivity contribution in [1.82, 2.24) is 4.90 Å². The molecule has 0 aliphatic carbocycles. The number of benzene rings is 1. The van der Waals surface area contributed by atoms with Gasteiger partial charge in [0, 0.05) is 13.1 Å². The fraction of sp³-hybridized carbons (Fsp3) is 0.267. The fourth-order valence-electron chi connectivity index (χ4n) is 2.44. The molecule has 0 saturated heterocycles. The van der Waals surface area contributed by atoms with Gasteiger partial charge in [0.1, 0.15) is 5.75 Å². The molecule has 1 aromatic carbocycles. The van der Waals surface area contributed by atoms with Gasteiger partial charge in [-0.05, 0) is 52.1 Å². The summed E-state index contributed by atoms with van der Waals surface area (Å²) in [6.45, 7) is 1.37. The van der Waals surface area contributed by atoms with Gasteiger partial charge in [0.15, 0.2) is 0 Å². The summed E-state index contributed by atoms with van der Waals surface area (Å²) < 4.78 is 0. The highest BCUT2D eigenvalue weighted by Gasteiger charge is 2.21. The Morgan fingerprint density at radius 1 is 1.32 bits per heavy atom. The van der Waals surface area contributed by atoms with E-state index in [9.17, 15) is 9.90 Å². The van der Waals surface area contributed by atoms with Crippen molar-refractivity contribution in [2.75, 3.05) is 6.54 Å². The lowest BCUT2D eigenvalue weighted by molar-refractivity contribution is -0.131. The Labute approximate surface area is 116 Å². The molecule has 4 heteroatoms. The topological polar surface area (TPSA) is 40.5 Å². The van der Waals surface area contributed by atoms with Crippen LogP contribution in [-0.4, -0.2) is 22.5 Å². The molecule has 0 fully saturated rings. The van der Waals surface area contributed by atoms with Crippen LogP contribution in [-0.2, 0) is 24.2 Å². The molecule has 1 aliphatic heterocycles. The lowest BCUT2D eigenvalue weighted by Gasteiger charge is -2.29. The number of thiophene rings is 1. The second-order valence-corrected chi connectivity index (χ2v) is 5.61. The lowest BCUT2D eigenvalue weighted by Crippen LogP contribution is -2.36. The average molecular weight is 273 g/mol. The molecule has 1 aliphatic rings. The molecule has 0 spiro atoms. The van der Waals surface area contributed by atoms with E-state index >= 15 is 0 Å². The number of hydrogen-bond donors (Lipinski definition) is 1. The standard InChI is InChI=1S/C15H15NO2S/c17-14-2-1-12-3-5-16(9-13(12)8-14)15(18)7-11-4-6-19-10-11/h1-2,4,6,8,10,17H,3,5,7,9H2. The van der Waals surface area contributed by atoms with Crippen LogP contribution in [0.25, 0.3) is 0 Å². The van der Waals surface area contributed by atoms with E-state index in [4.69, 9.17) is 0 Å². The maximum Gasteiger partial charge on any atom is 0.227 e. The highest BCUT2D eigenvalue weighted by molar-refractivity contribution is 7.07. The molecule has 3 nitrogen and oxygen atoms in total. The Hall–Kier alpha value is -1.81. The van der Waals surface area contributed by atoms with E-state index in [0.29, 0.717) is 13.0 Å². The summed E-state index contributed by atoms with van der Waals surface area (Å²) in [6, 6.07) is 7.42. The highest BCUT2D eigenvalue weighted by Crippen LogP contribution is 2.23. The highest BCUT2D eigenvalue weighted by atomic mass is 32.1. The average Bonchev–Trinajstić information content (AvgIpc) is 2.90. The first kappa shape index (κ1) is 12.2. The van der Waals surface area contributed by atoms with Crippen molar-refractivity contribution < 1.29 is 9.90 Å². The third-order valence-corrected chi connectivity index (χ3v) is 4.22. The van der Waals surface area contributed by atoms with Crippen LogP contribution in [0.4, 0.5) is 0 Å². The largest absolute Gasteiger partial charge is 0.508 e. The monoisotopic (exact) mass is 273 g/mol. The maximum atomic E-state index is 12.2. The third-order valence-electron chi connectivity index (χ3n) is 3.49. The predicted octanol–water partition coefficient (Wildman–Crippen LogP) is 2.58. The van der Waals surface area contributed by atoms with Gasteiger partial charge in [-0.15, -0.1) is 0 Å². The molecular formula is C15H15NO2S. The first-order valence-electron chi connectivity index (χ1n) is 6.32. The Morgan fingerprint density at radius 3 is 3.00 bits per heavy atom. The van der Waals surface area contributed by atoms with Crippen LogP contribution >= 0.6 is 11.3 Å². The number of carbonyl (C=O) groups excluding carboxylic acids is 1. The number of nitrogens with zero attached hydrogens (tertiary/aromatic N) is 1. The fourth-order valence-corrected chi connectivity index (χ4v) is 3.10. The summed E-state index contributed by atoms with van der Waals surface area (Å²) in [5.74, 6) is 0.429. The van der Waals surface area contributed by atoms with Crippen molar-refractivity contribution in [2.24, 2.45) is 0 Å². The maximum absolute atomic E-state index is 12.2. The molecule has 1 amide bonds. The number of phenolic OH excluding ortho intramolecular Hbond substituents is 1. The zero-order valence-corrected chi connectivity index (χ0v) is 11.3. The van der Waals surface area contributed by atoms with Crippen LogP contribution in [0.5, 0.6) is 5.75 Å². The molecule has 2 heterocycles. The molecule has 2 aromatic rings. The molecule has 0 unspecified atom stereocenters. The minimum absolute atomic E-state index is 0.160. The predicted molar refractivity (Wildman–Crippen MR) is 75.3 cm³/mol. The van der Waals surface area contributed by atoms with Crippen molar-refractivity contribution in [3.63, 3.8) is 0 Å². The van der Waals surface area contributed by atoms with Crippen LogP contribution < -0.4 is 0 Å². The van der Waals surface area contributed by atoms with Gasteiger partial charge in [0.25, 0.3) is 0 Å². The van der Waals surface area contributed by atoms with E-state index in [1.807, 2.05) is 27.8 Å². The Morgan fingerprint density at radius 2 is 2.21 bits per heavy atom. The Bertz CT molecular complexity index is 592. The van der Waals surface area contributed by atoms with Crippen molar-refractivity contribution in [3.8, 4) is 5.75 Å². The van der Waals surface area contributed by atoms with Gasteiger partial charge in [0.05, 0.1) is 6.42 Å². The van der Waals surface area contributed by atoms with Crippen LogP contribution in [0, 0.1) is 0 Å². The molecular weight excluding hydrogens is 258 g/mol. The van der Waals surface area contributed by atoms with E-state index in [1.165, 1.54) is 5.56 Å². The molecule has 1 N–H and O–H groups in total. The second kappa shape index (κ2) is 5.05. The van der Waals surface area contributed by atoms with Crippen molar-refractivity contribution in [3.05, 3.63) is 51.7 Å². The zero-order chi connectivity index (χ0) is 13.2. The second-order valence-electron chi connectivity index (χ2n) is 4.83. The molecule has 1 aromatic heterocycles. The van der Waals surface area contributed by atoms with E-state index < -0.39 is 0 Å². The van der Waals surface area contributed by atoms with Crippen LogP contribution in [0.15, 0.2) is 35.0 Å². The zero-order valence-electron chi connectivity index (χ0n) is 10.5. The smallest absolute Gasteiger partial charge is 0.227 e. The van der Waals surface area contributed by atoms with Crippen molar-refractivity contribution >= 4 is 17.2 Å². The number of fused-ring (bicyclic) bond motifs is 1.